The summed E-state index contributed by atoms with van der Waals surface area (Å²) < 4.78 is 29.1. The fourth-order valence-electron chi connectivity index (χ4n) is 2.90. The highest BCUT2D eigenvalue weighted by Crippen LogP contribution is 2.33. The van der Waals surface area contributed by atoms with E-state index < -0.39 is 11.8 Å². The summed E-state index contributed by atoms with van der Waals surface area (Å²) in [5.41, 5.74) is 2.81. The molecule has 0 aliphatic carbocycles. The van der Waals surface area contributed by atoms with Crippen LogP contribution in [0.3, 0.4) is 0 Å². The van der Waals surface area contributed by atoms with Crippen molar-refractivity contribution < 1.29 is 23.2 Å². The molecule has 0 saturated heterocycles. The van der Waals surface area contributed by atoms with Crippen LogP contribution in [0.15, 0.2) is 53.1 Å². The lowest BCUT2D eigenvalue weighted by Gasteiger charge is -2.02. The first-order valence-corrected chi connectivity index (χ1v) is 8.27. The summed E-state index contributed by atoms with van der Waals surface area (Å²) in [5, 5.41) is 3.94. The zero-order chi connectivity index (χ0) is 18.1. The van der Waals surface area contributed by atoms with Crippen LogP contribution >= 0.6 is 0 Å². The number of rotatable bonds is 4. The van der Waals surface area contributed by atoms with Crippen LogP contribution in [0, 0.1) is 5.82 Å². The zero-order valence-electron chi connectivity index (χ0n) is 14.1. The Labute approximate surface area is 149 Å². The van der Waals surface area contributed by atoms with Gasteiger partial charge < -0.3 is 14.0 Å². The minimum Gasteiger partial charge on any atom is -0.490 e. The molecular formula is C20H16FNO4. The van der Waals surface area contributed by atoms with Gasteiger partial charge in [-0.1, -0.05) is 5.16 Å². The first-order valence-electron chi connectivity index (χ1n) is 8.27. The Morgan fingerprint density at radius 3 is 2.85 bits per heavy atom. The number of hydrogen-bond acceptors (Lipinski definition) is 5. The second-order valence-corrected chi connectivity index (χ2v) is 6.22. The van der Waals surface area contributed by atoms with Crippen molar-refractivity contribution in [1.82, 2.24) is 5.16 Å². The molecular weight excluding hydrogens is 337 g/mol. The molecule has 1 aliphatic rings. The van der Waals surface area contributed by atoms with Gasteiger partial charge in [-0.25, -0.2) is 9.18 Å². The number of fused-ring (bicyclic) bond motifs is 1. The maximum Gasteiger partial charge on any atom is 0.338 e. The molecule has 0 radical (unpaired) electrons. The number of hydrogen-bond donors (Lipinski definition) is 0. The number of carbonyl (C=O) groups is 1. The summed E-state index contributed by atoms with van der Waals surface area (Å²) in [6.45, 7) is 2.01. The number of esters is 1. The van der Waals surface area contributed by atoms with Gasteiger partial charge in [-0.15, -0.1) is 0 Å². The monoisotopic (exact) mass is 353 g/mol. The Bertz CT molecular complexity index is 949. The first-order chi connectivity index (χ1) is 12.6. The molecule has 2 aromatic carbocycles. The molecule has 5 nitrogen and oxygen atoms in total. The van der Waals surface area contributed by atoms with E-state index in [2.05, 4.69) is 5.16 Å². The Hall–Kier alpha value is -3.15. The van der Waals surface area contributed by atoms with E-state index in [1.807, 2.05) is 25.1 Å². The fraction of sp³-hybridized carbons (Fsp3) is 0.200. The molecule has 6 heteroatoms. The standard InChI is InChI=1S/C20H16FNO4/c1-12-8-15-9-14(4-7-18(15)25-12)19-10-17(22-26-19)11-24-20(23)13-2-5-16(21)6-3-13/h2-7,9-10,12H,8,11H2,1H3. The lowest BCUT2D eigenvalue weighted by molar-refractivity contribution is 0.0464. The van der Waals surface area contributed by atoms with Crippen LogP contribution in [0.1, 0.15) is 28.5 Å². The average Bonchev–Trinajstić information content (AvgIpc) is 3.25. The maximum absolute atomic E-state index is 12.9. The van der Waals surface area contributed by atoms with Crippen LogP contribution in [0.25, 0.3) is 11.3 Å². The lowest BCUT2D eigenvalue weighted by Crippen LogP contribution is -2.05. The van der Waals surface area contributed by atoms with Crippen LogP contribution in [0.2, 0.25) is 0 Å². The van der Waals surface area contributed by atoms with E-state index in [-0.39, 0.29) is 18.3 Å². The fourth-order valence-corrected chi connectivity index (χ4v) is 2.90. The van der Waals surface area contributed by atoms with Crippen LogP contribution in [-0.2, 0) is 17.8 Å². The molecule has 1 aromatic heterocycles. The van der Waals surface area contributed by atoms with E-state index in [1.165, 1.54) is 24.3 Å². The van der Waals surface area contributed by atoms with Crippen molar-refractivity contribution in [2.45, 2.75) is 26.1 Å². The first kappa shape index (κ1) is 16.3. The molecule has 1 atom stereocenters. The van der Waals surface area contributed by atoms with E-state index >= 15 is 0 Å². The molecule has 26 heavy (non-hydrogen) atoms. The van der Waals surface area contributed by atoms with Gasteiger partial charge in [0.15, 0.2) is 5.76 Å². The van der Waals surface area contributed by atoms with Crippen molar-refractivity contribution in [3.05, 3.63) is 71.2 Å². The van der Waals surface area contributed by atoms with Gasteiger partial charge in [0.1, 0.15) is 30.0 Å². The minimum absolute atomic E-state index is 0.0230. The number of carbonyl (C=O) groups excluding carboxylic acids is 1. The third-order valence-corrected chi connectivity index (χ3v) is 4.17. The second kappa shape index (κ2) is 6.63. The Morgan fingerprint density at radius 1 is 1.23 bits per heavy atom. The van der Waals surface area contributed by atoms with E-state index in [0.717, 1.165) is 23.3 Å². The van der Waals surface area contributed by atoms with Crippen molar-refractivity contribution >= 4 is 5.97 Å². The Balaban J connectivity index is 1.43. The normalized spacial score (nSPS) is 15.4. The van der Waals surface area contributed by atoms with Gasteiger partial charge in [0.2, 0.25) is 0 Å². The Morgan fingerprint density at radius 2 is 2.04 bits per heavy atom. The van der Waals surface area contributed by atoms with Gasteiger partial charge in [0, 0.05) is 18.1 Å². The smallest absolute Gasteiger partial charge is 0.338 e. The highest BCUT2D eigenvalue weighted by molar-refractivity contribution is 5.89. The third kappa shape index (κ3) is 3.31. The van der Waals surface area contributed by atoms with E-state index in [4.69, 9.17) is 14.0 Å². The SMILES string of the molecule is CC1Cc2cc(-c3cc(COC(=O)c4ccc(F)cc4)no3)ccc2O1. The Kier molecular flexibility index (Phi) is 4.16. The zero-order valence-corrected chi connectivity index (χ0v) is 14.1. The summed E-state index contributed by atoms with van der Waals surface area (Å²) in [5.74, 6) is 0.546. The second-order valence-electron chi connectivity index (χ2n) is 6.22. The van der Waals surface area contributed by atoms with Crippen LogP contribution in [0.5, 0.6) is 5.75 Å². The molecule has 1 unspecified atom stereocenters. The van der Waals surface area contributed by atoms with Crippen molar-refractivity contribution in [2.24, 2.45) is 0 Å². The summed E-state index contributed by atoms with van der Waals surface area (Å²) in [6, 6.07) is 12.8. The molecule has 0 bridgehead atoms. The molecule has 0 spiro atoms. The maximum atomic E-state index is 12.9. The van der Waals surface area contributed by atoms with Crippen molar-refractivity contribution in [3.63, 3.8) is 0 Å². The lowest BCUT2D eigenvalue weighted by atomic mass is 10.1. The van der Waals surface area contributed by atoms with Gasteiger partial charge in [-0.05, 0) is 55.0 Å². The minimum atomic E-state index is -0.543. The number of benzene rings is 2. The van der Waals surface area contributed by atoms with E-state index in [1.54, 1.807) is 6.07 Å². The van der Waals surface area contributed by atoms with Crippen LogP contribution in [0.4, 0.5) is 4.39 Å². The van der Waals surface area contributed by atoms with Gasteiger partial charge in [-0.2, -0.15) is 0 Å². The van der Waals surface area contributed by atoms with Gasteiger partial charge >= 0.3 is 5.97 Å². The van der Waals surface area contributed by atoms with Crippen molar-refractivity contribution in [3.8, 4) is 17.1 Å². The van der Waals surface area contributed by atoms with Crippen molar-refractivity contribution in [2.75, 3.05) is 0 Å². The quantitative estimate of drug-likeness (QED) is 0.659. The van der Waals surface area contributed by atoms with Gasteiger partial charge in [-0.3, -0.25) is 0 Å². The summed E-state index contributed by atoms with van der Waals surface area (Å²) in [7, 11) is 0. The highest BCUT2D eigenvalue weighted by Gasteiger charge is 2.20. The molecule has 132 valence electrons. The number of aromatic nitrogens is 1. The molecule has 1 aliphatic heterocycles. The van der Waals surface area contributed by atoms with Gasteiger partial charge in [0.25, 0.3) is 0 Å². The average molecular weight is 353 g/mol. The molecule has 0 saturated carbocycles. The molecule has 4 rings (SSSR count). The molecule has 3 aromatic rings. The van der Waals surface area contributed by atoms with Crippen molar-refractivity contribution in [1.29, 1.82) is 0 Å². The van der Waals surface area contributed by atoms with Crippen LogP contribution in [-0.4, -0.2) is 17.2 Å². The number of halogens is 1. The third-order valence-electron chi connectivity index (χ3n) is 4.17. The molecule has 0 N–H and O–H groups in total. The molecule has 2 heterocycles. The predicted molar refractivity (Wildman–Crippen MR) is 91.3 cm³/mol. The van der Waals surface area contributed by atoms with E-state index in [9.17, 15) is 9.18 Å². The van der Waals surface area contributed by atoms with Gasteiger partial charge in [0.05, 0.1) is 5.56 Å². The highest BCUT2D eigenvalue weighted by atomic mass is 19.1. The van der Waals surface area contributed by atoms with Crippen LogP contribution < -0.4 is 4.74 Å². The molecule has 0 amide bonds. The molecule has 0 fully saturated rings. The number of nitrogens with zero attached hydrogens (tertiary/aromatic N) is 1. The number of ether oxygens (including phenoxy) is 2. The topological polar surface area (TPSA) is 61.6 Å². The van der Waals surface area contributed by atoms with E-state index in [0.29, 0.717) is 11.5 Å². The summed E-state index contributed by atoms with van der Waals surface area (Å²) >= 11 is 0. The summed E-state index contributed by atoms with van der Waals surface area (Å²) in [6.07, 6.45) is 1.04. The largest absolute Gasteiger partial charge is 0.490 e. The summed E-state index contributed by atoms with van der Waals surface area (Å²) in [4.78, 5) is 11.9. The predicted octanol–water partition coefficient (Wildman–Crippen LogP) is 4.16.